The highest BCUT2D eigenvalue weighted by molar-refractivity contribution is 5.88. The summed E-state index contributed by atoms with van der Waals surface area (Å²) in [5, 5.41) is 15.4. The number of carboxylic acid groups (broad SMARTS) is 2. The summed E-state index contributed by atoms with van der Waals surface area (Å²) in [5.41, 5.74) is 1.86. The Hall–Kier alpha value is -1.93. The first-order valence-electron chi connectivity index (χ1n) is 3.00. The molecule has 0 radical (unpaired) electrons. The lowest BCUT2D eigenvalue weighted by atomic mass is 10.5. The predicted molar refractivity (Wildman–Crippen MR) is 47.4 cm³/mol. The summed E-state index contributed by atoms with van der Waals surface area (Å²) in [4.78, 5) is 28.7. The zero-order valence-corrected chi connectivity index (χ0v) is 7.40. The monoisotopic (exact) mass is 207 g/mol. The number of nitrogens with two attached hydrogens (primary N) is 1. The molecule has 82 valence electrons. The SMILES string of the molecule is C=CC(=O)NN.N.O=C(O)CC(=O)O. The maximum absolute atomic E-state index is 9.83. The van der Waals surface area contributed by atoms with Gasteiger partial charge in [0.1, 0.15) is 6.42 Å². The normalized spacial score (nSPS) is 6.93. The number of hydrazine groups is 1. The van der Waals surface area contributed by atoms with E-state index in [9.17, 15) is 14.4 Å². The summed E-state index contributed by atoms with van der Waals surface area (Å²) >= 11 is 0. The van der Waals surface area contributed by atoms with Crippen LogP contribution in [0, 0.1) is 0 Å². The Morgan fingerprint density at radius 2 is 1.64 bits per heavy atom. The first-order valence-corrected chi connectivity index (χ1v) is 3.00. The largest absolute Gasteiger partial charge is 0.481 e. The van der Waals surface area contributed by atoms with E-state index in [1.165, 1.54) is 0 Å². The second-order valence-electron chi connectivity index (χ2n) is 1.68. The first-order chi connectivity index (χ1) is 5.93. The van der Waals surface area contributed by atoms with Gasteiger partial charge in [0.2, 0.25) is 0 Å². The van der Waals surface area contributed by atoms with Crippen LogP contribution in [-0.2, 0) is 14.4 Å². The Kier molecular flexibility index (Phi) is 14.2. The summed E-state index contributed by atoms with van der Waals surface area (Å²) in [5.74, 6) is 1.62. The van der Waals surface area contributed by atoms with E-state index in [4.69, 9.17) is 10.2 Å². The Labute approximate surface area is 79.9 Å². The van der Waals surface area contributed by atoms with Crippen molar-refractivity contribution in [3.63, 3.8) is 0 Å². The molecule has 0 heterocycles. The molecule has 0 saturated heterocycles. The molecule has 0 aromatic carbocycles. The fourth-order valence-electron chi connectivity index (χ4n) is 0.188. The van der Waals surface area contributed by atoms with Crippen LogP contribution < -0.4 is 17.4 Å². The third-order valence-electron chi connectivity index (χ3n) is 0.630. The molecule has 0 unspecified atom stereocenters. The molecule has 8 nitrogen and oxygen atoms in total. The molecular formula is C6H13N3O5. The van der Waals surface area contributed by atoms with Gasteiger partial charge in [-0.05, 0) is 6.08 Å². The fraction of sp³-hybridized carbons (Fsp3) is 0.167. The van der Waals surface area contributed by atoms with Gasteiger partial charge in [0.15, 0.2) is 0 Å². The van der Waals surface area contributed by atoms with Crippen molar-refractivity contribution in [3.8, 4) is 0 Å². The predicted octanol–water partition coefficient (Wildman–Crippen LogP) is -1.13. The lowest BCUT2D eigenvalue weighted by Gasteiger charge is -1.82. The van der Waals surface area contributed by atoms with Gasteiger partial charge in [-0.15, -0.1) is 0 Å². The molecule has 0 spiro atoms. The van der Waals surface area contributed by atoms with Crippen LogP contribution in [-0.4, -0.2) is 28.1 Å². The lowest BCUT2D eigenvalue weighted by Crippen LogP contribution is -2.27. The molecule has 0 bridgehead atoms. The van der Waals surface area contributed by atoms with E-state index in [2.05, 4.69) is 12.4 Å². The van der Waals surface area contributed by atoms with Gasteiger partial charge in [0.25, 0.3) is 5.91 Å². The van der Waals surface area contributed by atoms with Crippen molar-refractivity contribution in [2.75, 3.05) is 0 Å². The maximum Gasteiger partial charge on any atom is 0.314 e. The second-order valence-corrected chi connectivity index (χ2v) is 1.68. The zero-order chi connectivity index (χ0) is 10.9. The quantitative estimate of drug-likeness (QED) is 0.128. The summed E-state index contributed by atoms with van der Waals surface area (Å²) in [6.07, 6.45) is 0.292. The summed E-state index contributed by atoms with van der Waals surface area (Å²) in [6, 6.07) is 0. The van der Waals surface area contributed by atoms with Gasteiger partial charge in [-0.3, -0.25) is 19.8 Å². The summed E-state index contributed by atoms with van der Waals surface area (Å²) < 4.78 is 0. The smallest absolute Gasteiger partial charge is 0.314 e. The average molecular weight is 207 g/mol. The molecule has 0 aliphatic rings. The van der Waals surface area contributed by atoms with Gasteiger partial charge >= 0.3 is 11.9 Å². The standard InChI is InChI=1S/C3H6N2O.C3H4O4.H3N/c1-2-3(6)5-4;4-2(5)1-3(6)7;/h2H,1,4H2,(H,5,6);1H2,(H,4,5)(H,6,7);1H3. The van der Waals surface area contributed by atoms with Crippen LogP contribution in [0.25, 0.3) is 0 Å². The molecular weight excluding hydrogens is 194 g/mol. The molecule has 8 N–H and O–H groups in total. The van der Waals surface area contributed by atoms with Gasteiger partial charge in [-0.2, -0.15) is 0 Å². The number of carbonyl (C=O) groups excluding carboxylic acids is 1. The van der Waals surface area contributed by atoms with E-state index in [1.807, 2.05) is 5.43 Å². The van der Waals surface area contributed by atoms with E-state index in [1.54, 1.807) is 0 Å². The topological polar surface area (TPSA) is 165 Å². The van der Waals surface area contributed by atoms with Crippen LogP contribution in [0.3, 0.4) is 0 Å². The highest BCUT2D eigenvalue weighted by Crippen LogP contribution is 1.74. The van der Waals surface area contributed by atoms with Crippen molar-refractivity contribution in [2.45, 2.75) is 6.42 Å². The molecule has 0 aliphatic carbocycles. The minimum Gasteiger partial charge on any atom is -0.481 e. The van der Waals surface area contributed by atoms with Gasteiger partial charge in [-0.25, -0.2) is 5.84 Å². The van der Waals surface area contributed by atoms with Crippen LogP contribution in [0.5, 0.6) is 0 Å². The highest BCUT2D eigenvalue weighted by atomic mass is 16.4. The fourth-order valence-corrected chi connectivity index (χ4v) is 0.188. The van der Waals surface area contributed by atoms with Crippen LogP contribution >= 0.6 is 0 Å². The minimum atomic E-state index is -1.31. The van der Waals surface area contributed by atoms with Crippen molar-refractivity contribution in [1.29, 1.82) is 0 Å². The van der Waals surface area contributed by atoms with Gasteiger partial charge < -0.3 is 16.4 Å². The minimum absolute atomic E-state index is 0. The van der Waals surface area contributed by atoms with Crippen LogP contribution in [0.4, 0.5) is 0 Å². The van der Waals surface area contributed by atoms with E-state index >= 15 is 0 Å². The van der Waals surface area contributed by atoms with Crippen molar-refractivity contribution in [3.05, 3.63) is 12.7 Å². The van der Waals surface area contributed by atoms with Crippen LogP contribution in [0.1, 0.15) is 6.42 Å². The van der Waals surface area contributed by atoms with Crippen LogP contribution in [0.15, 0.2) is 12.7 Å². The Balaban J connectivity index is -0.000000163. The number of rotatable bonds is 3. The number of carboxylic acids is 2. The average Bonchev–Trinajstić information content (AvgIpc) is 2.01. The first kappa shape index (κ1) is 18.0. The number of hydrogen-bond donors (Lipinski definition) is 5. The molecule has 0 saturated carbocycles. The third kappa shape index (κ3) is 22.5. The highest BCUT2D eigenvalue weighted by Gasteiger charge is 2.01. The molecule has 0 aromatic heterocycles. The third-order valence-corrected chi connectivity index (χ3v) is 0.630. The Bertz CT molecular complexity index is 204. The Morgan fingerprint density at radius 3 is 1.64 bits per heavy atom. The number of hydrogen-bond acceptors (Lipinski definition) is 5. The van der Waals surface area contributed by atoms with Crippen molar-refractivity contribution < 1.29 is 24.6 Å². The second kappa shape index (κ2) is 11.1. The van der Waals surface area contributed by atoms with Crippen molar-refractivity contribution in [1.82, 2.24) is 11.6 Å². The lowest BCUT2D eigenvalue weighted by molar-refractivity contribution is -0.147. The molecule has 0 atom stereocenters. The molecule has 14 heavy (non-hydrogen) atoms. The summed E-state index contributed by atoms with van der Waals surface area (Å²) in [6.45, 7) is 3.14. The molecule has 0 aliphatic heterocycles. The van der Waals surface area contributed by atoms with Crippen LogP contribution in [0.2, 0.25) is 0 Å². The number of nitrogens with one attached hydrogen (secondary N) is 1. The molecule has 0 rings (SSSR count). The molecule has 0 fully saturated rings. The number of aliphatic carboxylic acids is 2. The summed E-state index contributed by atoms with van der Waals surface area (Å²) in [7, 11) is 0. The van der Waals surface area contributed by atoms with Crippen molar-refractivity contribution >= 4 is 17.8 Å². The number of carbonyl (C=O) groups is 3. The molecule has 8 heteroatoms. The Morgan fingerprint density at radius 1 is 1.29 bits per heavy atom. The van der Waals surface area contributed by atoms with Gasteiger partial charge in [0.05, 0.1) is 0 Å². The van der Waals surface area contributed by atoms with E-state index in [0.717, 1.165) is 6.08 Å². The van der Waals surface area contributed by atoms with E-state index in [-0.39, 0.29) is 12.1 Å². The van der Waals surface area contributed by atoms with Gasteiger partial charge in [-0.1, -0.05) is 6.58 Å². The van der Waals surface area contributed by atoms with Gasteiger partial charge in [0, 0.05) is 0 Å². The van der Waals surface area contributed by atoms with Crippen molar-refractivity contribution in [2.24, 2.45) is 5.84 Å². The van der Waals surface area contributed by atoms with E-state index < -0.39 is 18.4 Å². The molecule has 1 amide bonds. The number of amides is 1. The zero-order valence-electron chi connectivity index (χ0n) is 7.40. The molecule has 0 aromatic rings. The van der Waals surface area contributed by atoms with E-state index in [0.29, 0.717) is 0 Å². The maximum atomic E-state index is 9.83.